The Morgan fingerprint density at radius 2 is 2.15 bits per heavy atom. The zero-order valence-corrected chi connectivity index (χ0v) is 14.7. The highest BCUT2D eigenvalue weighted by molar-refractivity contribution is 6.30. The van der Waals surface area contributed by atoms with Gasteiger partial charge in [-0.3, -0.25) is 9.20 Å². The summed E-state index contributed by atoms with van der Waals surface area (Å²) >= 11 is 5.96. The van der Waals surface area contributed by atoms with Gasteiger partial charge in [0.15, 0.2) is 11.5 Å². The summed E-state index contributed by atoms with van der Waals surface area (Å²) in [6.07, 6.45) is 5.24. The lowest BCUT2D eigenvalue weighted by atomic mass is 10.1. The van der Waals surface area contributed by atoms with Gasteiger partial charge >= 0.3 is 0 Å². The molecule has 26 heavy (non-hydrogen) atoms. The van der Waals surface area contributed by atoms with E-state index in [4.69, 9.17) is 22.1 Å². The summed E-state index contributed by atoms with van der Waals surface area (Å²) in [5, 5.41) is 4.02. The van der Waals surface area contributed by atoms with Crippen LogP contribution >= 0.6 is 11.6 Å². The molecule has 3 heterocycles. The first kappa shape index (κ1) is 16.8. The largest absolute Gasteiger partial charge is 0.379 e. The number of amides is 1. The van der Waals surface area contributed by atoms with Gasteiger partial charge in [0, 0.05) is 23.4 Å². The summed E-state index contributed by atoms with van der Waals surface area (Å²) in [6.45, 7) is 1.40. The third-order valence-corrected chi connectivity index (χ3v) is 4.64. The van der Waals surface area contributed by atoms with E-state index in [-0.39, 0.29) is 11.7 Å². The van der Waals surface area contributed by atoms with E-state index in [1.54, 1.807) is 22.7 Å². The van der Waals surface area contributed by atoms with Crippen LogP contribution in [0.4, 0.5) is 5.82 Å². The molecule has 2 aromatic heterocycles. The van der Waals surface area contributed by atoms with Gasteiger partial charge in [0.1, 0.15) is 5.69 Å². The summed E-state index contributed by atoms with van der Waals surface area (Å²) in [6, 6.07) is 7.52. The molecule has 1 saturated heterocycles. The third-order valence-electron chi connectivity index (χ3n) is 4.39. The molecule has 1 fully saturated rings. The number of nitrogens with one attached hydrogen (secondary N) is 1. The minimum atomic E-state index is -0.560. The highest BCUT2D eigenvalue weighted by Gasteiger charge is 2.19. The van der Waals surface area contributed by atoms with Crippen LogP contribution in [0.15, 0.2) is 36.7 Å². The van der Waals surface area contributed by atoms with Gasteiger partial charge in [0.2, 0.25) is 0 Å². The van der Waals surface area contributed by atoms with Gasteiger partial charge in [-0.15, -0.1) is 0 Å². The molecule has 0 radical (unpaired) electrons. The second-order valence-corrected chi connectivity index (χ2v) is 6.68. The van der Waals surface area contributed by atoms with Crippen molar-refractivity contribution in [2.45, 2.75) is 18.9 Å². The van der Waals surface area contributed by atoms with Gasteiger partial charge < -0.3 is 15.8 Å². The predicted octanol–water partition coefficient (Wildman–Crippen LogP) is 2.74. The summed E-state index contributed by atoms with van der Waals surface area (Å²) in [5.41, 5.74) is 7.92. The smallest absolute Gasteiger partial charge is 0.267 e. The number of nitrogens with zero attached hydrogens (tertiary/aromatic N) is 3. The number of benzene rings is 1. The fraction of sp³-hybridized carbons (Fsp3) is 0.278. The van der Waals surface area contributed by atoms with Crippen LogP contribution < -0.4 is 11.1 Å². The van der Waals surface area contributed by atoms with E-state index >= 15 is 0 Å². The number of primary amides is 1. The SMILES string of the molecule is NC(=O)c1cnc(NC2CCCOC2)c2nc(-c3ccc(Cl)cc3)cn12. The molecule has 4 rings (SSSR count). The lowest BCUT2D eigenvalue weighted by Crippen LogP contribution is -2.30. The molecule has 0 aliphatic carbocycles. The molecule has 3 N–H and O–H groups in total. The maximum atomic E-state index is 11.8. The van der Waals surface area contributed by atoms with Crippen molar-refractivity contribution in [1.82, 2.24) is 14.4 Å². The molecular formula is C18H18ClN5O2. The van der Waals surface area contributed by atoms with Gasteiger partial charge in [-0.2, -0.15) is 0 Å². The Labute approximate surface area is 155 Å². The average Bonchev–Trinajstić information content (AvgIpc) is 3.09. The number of hydrogen-bond acceptors (Lipinski definition) is 5. The third kappa shape index (κ3) is 3.23. The fourth-order valence-corrected chi connectivity index (χ4v) is 3.19. The quantitative estimate of drug-likeness (QED) is 0.735. The van der Waals surface area contributed by atoms with E-state index in [1.807, 2.05) is 12.1 Å². The minimum absolute atomic E-state index is 0.162. The van der Waals surface area contributed by atoms with Crippen molar-refractivity contribution in [3.05, 3.63) is 47.4 Å². The van der Waals surface area contributed by atoms with E-state index in [1.165, 1.54) is 6.20 Å². The minimum Gasteiger partial charge on any atom is -0.379 e. The van der Waals surface area contributed by atoms with Crippen LogP contribution in [0.5, 0.6) is 0 Å². The molecule has 8 heteroatoms. The van der Waals surface area contributed by atoms with Gasteiger partial charge in [0.05, 0.1) is 24.5 Å². The standard InChI is InChI=1S/C18H18ClN5O2/c19-12-5-3-11(4-6-12)14-9-24-15(16(20)25)8-21-17(18(24)23-14)22-13-2-1-7-26-10-13/h3-6,8-9,13H,1-2,7,10H2,(H2,20,25)(H,21,22). The molecule has 1 amide bonds. The molecule has 1 aromatic carbocycles. The highest BCUT2D eigenvalue weighted by atomic mass is 35.5. The molecule has 1 atom stereocenters. The van der Waals surface area contributed by atoms with Crippen molar-refractivity contribution in [1.29, 1.82) is 0 Å². The Balaban J connectivity index is 1.78. The first-order valence-corrected chi connectivity index (χ1v) is 8.78. The lowest BCUT2D eigenvalue weighted by molar-refractivity contribution is 0.0875. The Bertz CT molecular complexity index is 948. The second kappa shape index (κ2) is 6.93. The average molecular weight is 372 g/mol. The van der Waals surface area contributed by atoms with Crippen LogP contribution in [0.25, 0.3) is 16.9 Å². The van der Waals surface area contributed by atoms with Crippen LogP contribution in [-0.2, 0) is 4.74 Å². The Morgan fingerprint density at radius 1 is 1.35 bits per heavy atom. The van der Waals surface area contributed by atoms with E-state index in [0.29, 0.717) is 28.8 Å². The molecule has 3 aromatic rings. The van der Waals surface area contributed by atoms with E-state index in [9.17, 15) is 4.79 Å². The van der Waals surface area contributed by atoms with E-state index in [2.05, 4.69) is 15.3 Å². The number of fused-ring (bicyclic) bond motifs is 1. The second-order valence-electron chi connectivity index (χ2n) is 6.24. The molecule has 0 bridgehead atoms. The van der Waals surface area contributed by atoms with Gasteiger partial charge in [-0.05, 0) is 25.0 Å². The van der Waals surface area contributed by atoms with Crippen LogP contribution in [0.2, 0.25) is 5.02 Å². The molecule has 7 nitrogen and oxygen atoms in total. The summed E-state index contributed by atoms with van der Waals surface area (Å²) in [4.78, 5) is 20.8. The lowest BCUT2D eigenvalue weighted by Gasteiger charge is -2.23. The monoisotopic (exact) mass is 371 g/mol. The number of carbonyl (C=O) groups excluding carboxylic acids is 1. The van der Waals surface area contributed by atoms with Crippen LogP contribution in [-0.4, -0.2) is 39.5 Å². The molecule has 1 aliphatic heterocycles. The van der Waals surface area contributed by atoms with Crippen LogP contribution in [0.3, 0.4) is 0 Å². The maximum Gasteiger partial charge on any atom is 0.267 e. The van der Waals surface area contributed by atoms with Gasteiger partial charge in [0.25, 0.3) is 5.91 Å². The summed E-state index contributed by atoms with van der Waals surface area (Å²) in [5.74, 6) is 0.0424. The van der Waals surface area contributed by atoms with Crippen LogP contribution in [0.1, 0.15) is 23.3 Å². The van der Waals surface area contributed by atoms with Crippen molar-refractivity contribution < 1.29 is 9.53 Å². The number of halogens is 1. The zero-order valence-electron chi connectivity index (χ0n) is 14.0. The van der Waals surface area contributed by atoms with Crippen molar-refractivity contribution in [3.63, 3.8) is 0 Å². The van der Waals surface area contributed by atoms with Crippen molar-refractivity contribution in [3.8, 4) is 11.3 Å². The molecule has 0 spiro atoms. The highest BCUT2D eigenvalue weighted by Crippen LogP contribution is 2.25. The number of imidazole rings is 1. The van der Waals surface area contributed by atoms with Crippen molar-refractivity contribution >= 4 is 29.0 Å². The molecule has 1 unspecified atom stereocenters. The molecule has 1 aliphatic rings. The number of aromatic nitrogens is 3. The van der Waals surface area contributed by atoms with Gasteiger partial charge in [-0.25, -0.2) is 9.97 Å². The molecule has 0 saturated carbocycles. The Morgan fingerprint density at radius 3 is 2.85 bits per heavy atom. The van der Waals surface area contributed by atoms with Gasteiger partial charge in [-0.1, -0.05) is 23.7 Å². The number of rotatable bonds is 4. The Hall–Kier alpha value is -2.64. The topological polar surface area (TPSA) is 94.5 Å². The fourth-order valence-electron chi connectivity index (χ4n) is 3.07. The first-order chi connectivity index (χ1) is 12.6. The van der Waals surface area contributed by atoms with E-state index < -0.39 is 5.91 Å². The van der Waals surface area contributed by atoms with Crippen molar-refractivity contribution in [2.75, 3.05) is 18.5 Å². The number of carbonyl (C=O) groups is 1. The van der Waals surface area contributed by atoms with Crippen LogP contribution in [0, 0.1) is 0 Å². The summed E-state index contributed by atoms with van der Waals surface area (Å²) in [7, 11) is 0. The maximum absolute atomic E-state index is 11.8. The number of anilines is 1. The number of hydrogen-bond donors (Lipinski definition) is 2. The summed E-state index contributed by atoms with van der Waals surface area (Å²) < 4.78 is 7.18. The zero-order chi connectivity index (χ0) is 18.1. The Kier molecular flexibility index (Phi) is 4.48. The van der Waals surface area contributed by atoms with Crippen molar-refractivity contribution in [2.24, 2.45) is 5.73 Å². The molecule has 134 valence electrons. The molecular weight excluding hydrogens is 354 g/mol. The predicted molar refractivity (Wildman–Crippen MR) is 99.4 cm³/mol. The number of ether oxygens (including phenoxy) is 1. The van der Waals surface area contributed by atoms with E-state index in [0.717, 1.165) is 25.0 Å². The normalized spacial score (nSPS) is 17.3. The number of nitrogens with two attached hydrogens (primary N) is 1. The first-order valence-electron chi connectivity index (χ1n) is 8.40.